The minimum absolute atomic E-state index is 0.0325. The highest BCUT2D eigenvalue weighted by molar-refractivity contribution is 5.77. The Kier molecular flexibility index (Phi) is 4.71. The number of aliphatic hydroxyl groups is 1. The summed E-state index contributed by atoms with van der Waals surface area (Å²) in [5.74, 6) is -0.524. The number of hydrogen-bond donors (Lipinski definition) is 1. The zero-order valence-electron chi connectivity index (χ0n) is 12.8. The number of amides is 1. The van der Waals surface area contributed by atoms with Crippen LogP contribution in [0.4, 0.5) is 4.39 Å². The molecule has 1 saturated heterocycles. The molecule has 2 aromatic rings. The molecule has 1 aliphatic rings. The molecular formula is C17H20FN3O2. The molecule has 5 nitrogen and oxygen atoms in total. The van der Waals surface area contributed by atoms with Gasteiger partial charge in [0.25, 0.3) is 0 Å². The quantitative estimate of drug-likeness (QED) is 0.941. The van der Waals surface area contributed by atoms with E-state index in [-0.39, 0.29) is 18.4 Å². The molecular weight excluding hydrogens is 297 g/mol. The van der Waals surface area contributed by atoms with Crippen LogP contribution in [0.1, 0.15) is 37.0 Å². The molecule has 2 heterocycles. The molecule has 1 aliphatic heterocycles. The number of nitrogens with zero attached hydrogens (tertiary/aromatic N) is 3. The second-order valence-corrected chi connectivity index (χ2v) is 5.90. The van der Waals surface area contributed by atoms with Crippen LogP contribution in [0.3, 0.4) is 0 Å². The molecule has 0 bridgehead atoms. The number of carbonyl (C=O) groups is 1. The molecule has 1 N–H and O–H groups in total. The summed E-state index contributed by atoms with van der Waals surface area (Å²) in [5, 5.41) is 14.4. The molecule has 0 saturated carbocycles. The number of aromatic nitrogens is 2. The number of aliphatic hydroxyl groups excluding tert-OH is 1. The van der Waals surface area contributed by atoms with Gasteiger partial charge in [-0.25, -0.2) is 4.39 Å². The lowest BCUT2D eigenvalue weighted by atomic mass is 10.0. The van der Waals surface area contributed by atoms with Gasteiger partial charge in [0.15, 0.2) is 0 Å². The van der Waals surface area contributed by atoms with E-state index in [1.54, 1.807) is 17.2 Å². The van der Waals surface area contributed by atoms with Gasteiger partial charge in [-0.15, -0.1) is 0 Å². The number of benzene rings is 1. The molecule has 2 unspecified atom stereocenters. The van der Waals surface area contributed by atoms with Gasteiger partial charge in [0.2, 0.25) is 5.91 Å². The van der Waals surface area contributed by atoms with Gasteiger partial charge in [0.1, 0.15) is 5.82 Å². The fourth-order valence-corrected chi connectivity index (χ4v) is 3.02. The number of carbonyl (C=O) groups excluding carboxylic acids is 1. The minimum Gasteiger partial charge on any atom is -0.388 e. The third-order valence-electron chi connectivity index (χ3n) is 4.25. The molecule has 122 valence electrons. The molecule has 0 radical (unpaired) electrons. The van der Waals surface area contributed by atoms with Crippen molar-refractivity contribution in [2.24, 2.45) is 0 Å². The first kappa shape index (κ1) is 15.7. The van der Waals surface area contributed by atoms with Gasteiger partial charge in [-0.1, -0.05) is 12.1 Å². The van der Waals surface area contributed by atoms with Crippen LogP contribution < -0.4 is 0 Å². The molecule has 1 amide bonds. The second-order valence-electron chi connectivity index (χ2n) is 5.90. The van der Waals surface area contributed by atoms with E-state index in [0.29, 0.717) is 18.7 Å². The predicted molar refractivity (Wildman–Crippen MR) is 83.1 cm³/mol. The SMILES string of the molecule is O=C(CC(O)c1cccc(F)c1)N1CCCC(n2cccn2)C1. The van der Waals surface area contributed by atoms with Crippen molar-refractivity contribution in [3.8, 4) is 0 Å². The second kappa shape index (κ2) is 6.91. The van der Waals surface area contributed by atoms with Crippen molar-refractivity contribution in [2.75, 3.05) is 13.1 Å². The van der Waals surface area contributed by atoms with Crippen LogP contribution in [0, 0.1) is 5.82 Å². The van der Waals surface area contributed by atoms with Gasteiger partial charge in [-0.3, -0.25) is 9.48 Å². The average Bonchev–Trinajstić information content (AvgIpc) is 3.09. The molecule has 0 spiro atoms. The Hall–Kier alpha value is -2.21. The standard InChI is InChI=1S/C17H20FN3O2/c18-14-5-1-4-13(10-14)16(22)11-17(23)20-8-2-6-15(12-20)21-9-3-7-19-21/h1,3-5,7,9-10,15-16,22H,2,6,8,11-12H2. The summed E-state index contributed by atoms with van der Waals surface area (Å²) in [6, 6.07) is 7.79. The Bertz CT molecular complexity index is 660. The normalized spacial score (nSPS) is 19.6. The zero-order valence-corrected chi connectivity index (χ0v) is 12.8. The van der Waals surface area contributed by atoms with E-state index in [9.17, 15) is 14.3 Å². The van der Waals surface area contributed by atoms with Crippen molar-refractivity contribution < 1.29 is 14.3 Å². The van der Waals surface area contributed by atoms with Crippen molar-refractivity contribution in [2.45, 2.75) is 31.4 Å². The molecule has 1 aromatic carbocycles. The van der Waals surface area contributed by atoms with E-state index in [0.717, 1.165) is 12.8 Å². The molecule has 6 heteroatoms. The highest BCUT2D eigenvalue weighted by atomic mass is 19.1. The monoisotopic (exact) mass is 317 g/mol. The van der Waals surface area contributed by atoms with E-state index < -0.39 is 11.9 Å². The zero-order chi connectivity index (χ0) is 16.2. The van der Waals surface area contributed by atoms with Crippen LogP contribution in [0.15, 0.2) is 42.7 Å². The number of halogens is 1. The van der Waals surface area contributed by atoms with Crippen molar-refractivity contribution in [1.29, 1.82) is 0 Å². The van der Waals surface area contributed by atoms with Crippen LogP contribution in [-0.4, -0.2) is 38.8 Å². The third-order valence-corrected chi connectivity index (χ3v) is 4.25. The average molecular weight is 317 g/mol. The molecule has 0 aliphatic carbocycles. The molecule has 3 rings (SSSR count). The Labute approximate surface area is 134 Å². The van der Waals surface area contributed by atoms with Crippen molar-refractivity contribution in [1.82, 2.24) is 14.7 Å². The van der Waals surface area contributed by atoms with Crippen molar-refractivity contribution in [3.05, 3.63) is 54.1 Å². The van der Waals surface area contributed by atoms with Crippen molar-refractivity contribution in [3.63, 3.8) is 0 Å². The van der Waals surface area contributed by atoms with Gasteiger partial charge in [-0.2, -0.15) is 5.10 Å². The van der Waals surface area contributed by atoms with Gasteiger partial charge in [0, 0.05) is 25.5 Å². The van der Waals surface area contributed by atoms with E-state index in [4.69, 9.17) is 0 Å². The smallest absolute Gasteiger partial charge is 0.225 e. The fourth-order valence-electron chi connectivity index (χ4n) is 3.02. The summed E-state index contributed by atoms with van der Waals surface area (Å²) in [4.78, 5) is 14.2. The Morgan fingerprint density at radius 3 is 3.04 bits per heavy atom. The minimum atomic E-state index is -0.983. The maximum atomic E-state index is 13.2. The van der Waals surface area contributed by atoms with Crippen LogP contribution in [-0.2, 0) is 4.79 Å². The predicted octanol–water partition coefficient (Wildman–Crippen LogP) is 2.31. The summed E-state index contributed by atoms with van der Waals surface area (Å²) in [5.41, 5.74) is 0.430. The highest BCUT2D eigenvalue weighted by Gasteiger charge is 2.26. The van der Waals surface area contributed by atoms with Crippen LogP contribution >= 0.6 is 0 Å². The van der Waals surface area contributed by atoms with Crippen LogP contribution in [0.25, 0.3) is 0 Å². The Morgan fingerprint density at radius 2 is 2.30 bits per heavy atom. The Morgan fingerprint density at radius 1 is 1.43 bits per heavy atom. The maximum Gasteiger partial charge on any atom is 0.225 e. The summed E-state index contributed by atoms with van der Waals surface area (Å²) in [6.07, 6.45) is 4.51. The largest absolute Gasteiger partial charge is 0.388 e. The summed E-state index contributed by atoms with van der Waals surface area (Å²) in [6.45, 7) is 1.28. The van der Waals surface area contributed by atoms with Gasteiger partial charge >= 0.3 is 0 Å². The first-order valence-corrected chi connectivity index (χ1v) is 7.84. The molecule has 1 aromatic heterocycles. The van der Waals surface area contributed by atoms with Crippen LogP contribution in [0.5, 0.6) is 0 Å². The molecule has 23 heavy (non-hydrogen) atoms. The number of likely N-dealkylation sites (tertiary alicyclic amines) is 1. The van der Waals surface area contributed by atoms with E-state index in [2.05, 4.69) is 5.10 Å². The van der Waals surface area contributed by atoms with E-state index in [1.165, 1.54) is 18.2 Å². The van der Waals surface area contributed by atoms with Gasteiger partial charge in [-0.05, 0) is 36.6 Å². The lowest BCUT2D eigenvalue weighted by Gasteiger charge is -2.33. The molecule has 2 atom stereocenters. The molecule has 1 fully saturated rings. The number of piperidine rings is 1. The highest BCUT2D eigenvalue weighted by Crippen LogP contribution is 2.24. The topological polar surface area (TPSA) is 58.4 Å². The van der Waals surface area contributed by atoms with E-state index >= 15 is 0 Å². The Balaban J connectivity index is 1.61. The van der Waals surface area contributed by atoms with Crippen LogP contribution in [0.2, 0.25) is 0 Å². The van der Waals surface area contributed by atoms with Crippen molar-refractivity contribution >= 4 is 5.91 Å². The number of hydrogen-bond acceptors (Lipinski definition) is 3. The maximum absolute atomic E-state index is 13.2. The lowest BCUT2D eigenvalue weighted by Crippen LogP contribution is -2.41. The summed E-state index contributed by atoms with van der Waals surface area (Å²) in [7, 11) is 0. The summed E-state index contributed by atoms with van der Waals surface area (Å²) >= 11 is 0. The van der Waals surface area contributed by atoms with Gasteiger partial charge < -0.3 is 10.0 Å². The third kappa shape index (κ3) is 3.76. The van der Waals surface area contributed by atoms with E-state index in [1.807, 2.05) is 16.9 Å². The summed E-state index contributed by atoms with van der Waals surface area (Å²) < 4.78 is 15.1. The first-order chi connectivity index (χ1) is 11.1. The number of rotatable bonds is 4. The van der Waals surface area contributed by atoms with Gasteiger partial charge in [0.05, 0.1) is 18.6 Å². The lowest BCUT2D eigenvalue weighted by molar-refractivity contribution is -0.135. The first-order valence-electron chi connectivity index (χ1n) is 7.84. The fraction of sp³-hybridized carbons (Fsp3) is 0.412.